The van der Waals surface area contributed by atoms with Crippen LogP contribution in [0.2, 0.25) is 0 Å². The van der Waals surface area contributed by atoms with Gasteiger partial charge in [0.1, 0.15) is 4.90 Å². The molecule has 118 valence electrons. The summed E-state index contributed by atoms with van der Waals surface area (Å²) in [5.41, 5.74) is 7.24. The van der Waals surface area contributed by atoms with Crippen molar-refractivity contribution in [2.75, 3.05) is 18.8 Å². The molecule has 2 rings (SSSR count). The van der Waals surface area contributed by atoms with Crippen LogP contribution >= 0.6 is 0 Å². The van der Waals surface area contributed by atoms with Crippen LogP contribution in [0.1, 0.15) is 38.7 Å². The molecule has 2 N–H and O–H groups in total. The number of aryl methyl sites for hydroxylation is 1. The number of nitrogens with two attached hydrogens (primary N) is 1. The maximum Gasteiger partial charge on any atom is 0.245 e. The number of anilines is 1. The summed E-state index contributed by atoms with van der Waals surface area (Å²) in [5.74, 6) is 1.22. The number of sulfonamides is 1. The van der Waals surface area contributed by atoms with Gasteiger partial charge in [-0.05, 0) is 55.7 Å². The third kappa shape index (κ3) is 3.58. The lowest BCUT2D eigenvalue weighted by Crippen LogP contribution is -2.32. The van der Waals surface area contributed by atoms with Crippen molar-refractivity contribution in [3.05, 3.63) is 23.8 Å². The molecule has 0 radical (unpaired) electrons. The van der Waals surface area contributed by atoms with Crippen LogP contribution in [0.15, 0.2) is 23.1 Å². The zero-order valence-corrected chi connectivity index (χ0v) is 14.0. The van der Waals surface area contributed by atoms with E-state index in [9.17, 15) is 8.42 Å². The molecule has 0 saturated carbocycles. The van der Waals surface area contributed by atoms with Gasteiger partial charge in [-0.1, -0.05) is 19.9 Å². The van der Waals surface area contributed by atoms with Crippen LogP contribution in [-0.4, -0.2) is 25.8 Å². The third-order valence-electron chi connectivity index (χ3n) is 4.46. The monoisotopic (exact) mass is 310 g/mol. The van der Waals surface area contributed by atoms with Crippen LogP contribution in [0.4, 0.5) is 5.69 Å². The lowest BCUT2D eigenvalue weighted by atomic mass is 9.89. The number of hydrogen-bond donors (Lipinski definition) is 1. The average Bonchev–Trinajstić information content (AvgIpc) is 2.64. The number of hydrogen-bond acceptors (Lipinski definition) is 3. The first-order chi connectivity index (χ1) is 9.82. The quantitative estimate of drug-likeness (QED) is 0.873. The van der Waals surface area contributed by atoms with Crippen LogP contribution in [0.5, 0.6) is 0 Å². The lowest BCUT2D eigenvalue weighted by Gasteiger charge is -2.22. The molecule has 1 aromatic rings. The second-order valence-corrected chi connectivity index (χ2v) is 8.29. The summed E-state index contributed by atoms with van der Waals surface area (Å²) in [4.78, 5) is 0.246. The Kier molecular flexibility index (Phi) is 4.94. The molecule has 4 nitrogen and oxygen atoms in total. The predicted molar refractivity (Wildman–Crippen MR) is 86.5 cm³/mol. The molecule has 0 amide bonds. The van der Waals surface area contributed by atoms with Gasteiger partial charge in [-0.15, -0.1) is 0 Å². The number of nitrogens with zero attached hydrogens (tertiary/aromatic N) is 1. The van der Waals surface area contributed by atoms with Crippen molar-refractivity contribution < 1.29 is 8.42 Å². The fraction of sp³-hybridized carbons (Fsp3) is 0.625. The van der Waals surface area contributed by atoms with Crippen molar-refractivity contribution in [2.24, 2.45) is 11.8 Å². The zero-order chi connectivity index (χ0) is 15.6. The number of benzene rings is 1. The van der Waals surface area contributed by atoms with Gasteiger partial charge >= 0.3 is 0 Å². The molecule has 1 aromatic carbocycles. The highest BCUT2D eigenvalue weighted by Gasteiger charge is 2.29. The van der Waals surface area contributed by atoms with E-state index >= 15 is 0 Å². The molecule has 21 heavy (non-hydrogen) atoms. The molecule has 1 atom stereocenters. The SMILES string of the molecule is Cc1ccc(S(=O)(=O)N2CCCC(C(C)C)CC2)c(N)c1. The van der Waals surface area contributed by atoms with E-state index in [1.165, 1.54) is 0 Å². The summed E-state index contributed by atoms with van der Waals surface area (Å²) in [6.07, 6.45) is 2.96. The largest absolute Gasteiger partial charge is 0.398 e. The molecule has 1 saturated heterocycles. The first-order valence-electron chi connectivity index (χ1n) is 7.68. The minimum absolute atomic E-state index is 0.246. The zero-order valence-electron chi connectivity index (χ0n) is 13.2. The molecule has 0 aliphatic carbocycles. The second kappa shape index (κ2) is 6.36. The standard InChI is InChI=1S/C16H26N2O2S/c1-12(2)14-5-4-9-18(10-8-14)21(19,20)16-7-6-13(3)11-15(16)17/h6-7,11-12,14H,4-5,8-10,17H2,1-3H3. The van der Waals surface area contributed by atoms with Gasteiger partial charge in [-0.3, -0.25) is 0 Å². The second-order valence-electron chi connectivity index (χ2n) is 6.38. The van der Waals surface area contributed by atoms with E-state index in [-0.39, 0.29) is 4.90 Å². The Morgan fingerprint density at radius 1 is 1.24 bits per heavy atom. The van der Waals surface area contributed by atoms with Crippen molar-refractivity contribution >= 4 is 15.7 Å². The van der Waals surface area contributed by atoms with E-state index < -0.39 is 10.0 Å². The predicted octanol–water partition coefficient (Wildman–Crippen LogP) is 3.02. The summed E-state index contributed by atoms with van der Waals surface area (Å²) in [7, 11) is -3.47. The molecule has 1 aliphatic heterocycles. The molecular weight excluding hydrogens is 284 g/mol. The van der Waals surface area contributed by atoms with Gasteiger partial charge < -0.3 is 5.73 Å². The van der Waals surface area contributed by atoms with E-state index in [1.807, 2.05) is 6.92 Å². The Morgan fingerprint density at radius 3 is 2.57 bits per heavy atom. The summed E-state index contributed by atoms with van der Waals surface area (Å²) in [6.45, 7) is 7.53. The van der Waals surface area contributed by atoms with Crippen LogP contribution in [0.25, 0.3) is 0 Å². The highest BCUT2D eigenvalue weighted by molar-refractivity contribution is 7.89. The highest BCUT2D eigenvalue weighted by atomic mass is 32.2. The van der Waals surface area contributed by atoms with E-state index in [0.29, 0.717) is 30.6 Å². The van der Waals surface area contributed by atoms with Gasteiger partial charge in [0.25, 0.3) is 0 Å². The van der Waals surface area contributed by atoms with Crippen molar-refractivity contribution in [2.45, 2.75) is 44.9 Å². The van der Waals surface area contributed by atoms with Crippen LogP contribution in [0.3, 0.4) is 0 Å². The molecule has 1 unspecified atom stereocenters. The molecular formula is C16H26N2O2S. The highest BCUT2D eigenvalue weighted by Crippen LogP contribution is 2.29. The third-order valence-corrected chi connectivity index (χ3v) is 6.43. The molecule has 1 fully saturated rings. The Hall–Kier alpha value is -1.07. The van der Waals surface area contributed by atoms with Gasteiger partial charge in [-0.2, -0.15) is 4.31 Å². The summed E-state index contributed by atoms with van der Waals surface area (Å²) >= 11 is 0. The van der Waals surface area contributed by atoms with Crippen molar-refractivity contribution in [1.82, 2.24) is 4.31 Å². The normalized spacial score (nSPS) is 21.4. The first kappa shape index (κ1) is 16.3. The van der Waals surface area contributed by atoms with Crippen molar-refractivity contribution in [3.8, 4) is 0 Å². The Balaban J connectivity index is 2.23. The minimum atomic E-state index is -3.47. The summed E-state index contributed by atoms with van der Waals surface area (Å²) in [5, 5.41) is 0. The average molecular weight is 310 g/mol. The van der Waals surface area contributed by atoms with E-state index in [2.05, 4.69) is 13.8 Å². The summed E-state index contributed by atoms with van der Waals surface area (Å²) in [6, 6.07) is 5.16. The van der Waals surface area contributed by atoms with Gasteiger partial charge in [0.15, 0.2) is 0 Å². The van der Waals surface area contributed by atoms with Gasteiger partial charge in [-0.25, -0.2) is 8.42 Å². The molecule has 1 aliphatic rings. The van der Waals surface area contributed by atoms with E-state index in [1.54, 1.807) is 22.5 Å². The molecule has 1 heterocycles. The van der Waals surface area contributed by atoms with E-state index in [0.717, 1.165) is 24.8 Å². The maximum atomic E-state index is 12.8. The lowest BCUT2D eigenvalue weighted by molar-refractivity contribution is 0.341. The van der Waals surface area contributed by atoms with Gasteiger partial charge in [0, 0.05) is 13.1 Å². The Morgan fingerprint density at radius 2 is 1.95 bits per heavy atom. The van der Waals surface area contributed by atoms with Crippen molar-refractivity contribution in [3.63, 3.8) is 0 Å². The van der Waals surface area contributed by atoms with Crippen LogP contribution in [-0.2, 0) is 10.0 Å². The van der Waals surface area contributed by atoms with Gasteiger partial charge in [0.2, 0.25) is 10.0 Å². The molecule has 0 bridgehead atoms. The van der Waals surface area contributed by atoms with Gasteiger partial charge in [0.05, 0.1) is 5.69 Å². The Bertz CT molecular complexity index is 596. The molecule has 0 aromatic heterocycles. The van der Waals surface area contributed by atoms with Crippen LogP contribution in [0, 0.1) is 18.8 Å². The maximum absolute atomic E-state index is 12.8. The number of nitrogen functional groups attached to an aromatic ring is 1. The fourth-order valence-corrected chi connectivity index (χ4v) is 4.63. The topological polar surface area (TPSA) is 63.4 Å². The summed E-state index contributed by atoms with van der Waals surface area (Å²) < 4.78 is 27.2. The molecule has 5 heteroatoms. The van der Waals surface area contributed by atoms with Crippen molar-refractivity contribution in [1.29, 1.82) is 0 Å². The minimum Gasteiger partial charge on any atom is -0.398 e. The first-order valence-corrected chi connectivity index (χ1v) is 9.12. The Labute approximate surface area is 128 Å². The van der Waals surface area contributed by atoms with E-state index in [4.69, 9.17) is 5.73 Å². The fourth-order valence-electron chi connectivity index (χ4n) is 3.04. The smallest absolute Gasteiger partial charge is 0.245 e. The van der Waals surface area contributed by atoms with Crippen LogP contribution < -0.4 is 5.73 Å². The molecule has 0 spiro atoms. The number of rotatable bonds is 3.